The molecule has 3 aromatic rings. The second-order valence-electron chi connectivity index (χ2n) is 8.56. The average molecular weight is 483 g/mol. The first-order chi connectivity index (χ1) is 16.0. The van der Waals surface area contributed by atoms with Gasteiger partial charge in [-0.05, 0) is 53.3 Å². The average Bonchev–Trinajstić information content (AvgIpc) is 2.98. The highest BCUT2D eigenvalue weighted by Crippen LogP contribution is 2.39. The maximum atomic E-state index is 12.8. The lowest BCUT2D eigenvalue weighted by atomic mass is 9.96. The van der Waals surface area contributed by atoms with E-state index in [0.29, 0.717) is 19.5 Å². The molecule has 8 heteroatoms. The lowest BCUT2D eigenvalue weighted by Crippen LogP contribution is -2.50. The lowest BCUT2D eigenvalue weighted by molar-refractivity contribution is -0.605. The van der Waals surface area contributed by atoms with E-state index >= 15 is 0 Å². The molecule has 0 radical (unpaired) electrons. The molecule has 1 fully saturated rings. The zero-order valence-corrected chi connectivity index (χ0v) is 19.6. The number of halogens is 2. The van der Waals surface area contributed by atoms with E-state index in [2.05, 4.69) is 17.0 Å². The summed E-state index contributed by atoms with van der Waals surface area (Å²) in [4.78, 5) is 21.9. The molecular weight excluding hydrogens is 459 g/mol. The number of pyridine rings is 2. The van der Waals surface area contributed by atoms with Gasteiger partial charge in [0.2, 0.25) is 5.91 Å². The molecule has 33 heavy (non-hydrogen) atoms. The fourth-order valence-corrected chi connectivity index (χ4v) is 5.32. The largest absolute Gasteiger partial charge is 0.619 e. The molecule has 170 valence electrons. The highest BCUT2D eigenvalue weighted by molar-refractivity contribution is 6.31. The molecule has 2 aromatic heterocycles. The van der Waals surface area contributed by atoms with Gasteiger partial charge in [0.05, 0.1) is 18.2 Å². The van der Waals surface area contributed by atoms with Crippen LogP contribution in [0.4, 0.5) is 0 Å². The molecule has 1 atom stereocenters. The van der Waals surface area contributed by atoms with Gasteiger partial charge in [0.15, 0.2) is 12.4 Å². The quantitative estimate of drug-likeness (QED) is 0.422. The third-order valence-electron chi connectivity index (χ3n) is 6.59. The van der Waals surface area contributed by atoms with Gasteiger partial charge < -0.3 is 10.1 Å². The van der Waals surface area contributed by atoms with Gasteiger partial charge in [-0.3, -0.25) is 14.7 Å². The highest BCUT2D eigenvalue weighted by Gasteiger charge is 2.33. The molecule has 0 N–H and O–H groups in total. The van der Waals surface area contributed by atoms with Crippen molar-refractivity contribution in [1.29, 1.82) is 0 Å². The van der Waals surface area contributed by atoms with Crippen molar-refractivity contribution in [3.63, 3.8) is 0 Å². The van der Waals surface area contributed by atoms with Crippen LogP contribution >= 0.6 is 23.2 Å². The van der Waals surface area contributed by atoms with Crippen LogP contribution in [0.3, 0.4) is 0 Å². The van der Waals surface area contributed by atoms with E-state index in [1.54, 1.807) is 18.3 Å². The molecule has 1 aliphatic heterocycles. The molecule has 0 bridgehead atoms. The number of carbonyl (C=O) groups is 1. The minimum atomic E-state index is -0.0210. The Balaban J connectivity index is 1.37. The Morgan fingerprint density at radius 1 is 1.06 bits per heavy atom. The molecule has 1 amide bonds. The van der Waals surface area contributed by atoms with E-state index in [9.17, 15) is 10.0 Å². The van der Waals surface area contributed by atoms with Crippen LogP contribution in [0.2, 0.25) is 10.0 Å². The van der Waals surface area contributed by atoms with Gasteiger partial charge in [-0.15, -0.1) is 0 Å². The smallest absolute Gasteiger partial charge is 0.227 e. The summed E-state index contributed by atoms with van der Waals surface area (Å²) in [6, 6.07) is 11.3. The zero-order valence-electron chi connectivity index (χ0n) is 18.1. The molecule has 2 aliphatic rings. The standard InChI is InChI=1S/C25H24Cl2N4O2/c26-19-2-4-20-18(16-19)1-3-21-22(27)5-8-28-24(21)25(20)30-13-11-29(12-14-30)23(32)15-17-6-9-31(33)10-7-17/h2,4-10,16,25H,1,3,11-15H2. The minimum absolute atomic E-state index is 0.0210. The number of rotatable bonds is 3. The van der Waals surface area contributed by atoms with E-state index < -0.39 is 0 Å². The summed E-state index contributed by atoms with van der Waals surface area (Å²) in [5.74, 6) is 0.0768. The number of carbonyl (C=O) groups excluding carboxylic acids is 1. The van der Waals surface area contributed by atoms with Crippen LogP contribution in [0.25, 0.3) is 0 Å². The Kier molecular flexibility index (Phi) is 6.23. The summed E-state index contributed by atoms with van der Waals surface area (Å²) in [5, 5.41) is 12.7. The normalized spacial score (nSPS) is 18.4. The molecule has 5 rings (SSSR count). The fourth-order valence-electron chi connectivity index (χ4n) is 4.88. The van der Waals surface area contributed by atoms with Crippen molar-refractivity contribution in [2.75, 3.05) is 26.2 Å². The van der Waals surface area contributed by atoms with Crippen molar-refractivity contribution in [2.45, 2.75) is 25.3 Å². The number of fused-ring (bicyclic) bond motifs is 2. The first-order valence-electron chi connectivity index (χ1n) is 11.1. The number of amides is 1. The summed E-state index contributed by atoms with van der Waals surface area (Å²) < 4.78 is 0.725. The lowest BCUT2D eigenvalue weighted by Gasteiger charge is -2.40. The van der Waals surface area contributed by atoms with Crippen molar-refractivity contribution >= 4 is 29.1 Å². The Labute approximate surface area is 203 Å². The summed E-state index contributed by atoms with van der Waals surface area (Å²) in [6.45, 7) is 2.76. The molecule has 0 spiro atoms. The fraction of sp³-hybridized carbons (Fsp3) is 0.320. The summed E-state index contributed by atoms with van der Waals surface area (Å²) in [6.07, 6.45) is 6.61. The monoisotopic (exact) mass is 482 g/mol. The van der Waals surface area contributed by atoms with Crippen LogP contribution in [0.15, 0.2) is 55.0 Å². The number of hydrogen-bond donors (Lipinski definition) is 0. The van der Waals surface area contributed by atoms with E-state index in [4.69, 9.17) is 28.2 Å². The van der Waals surface area contributed by atoms with E-state index in [1.807, 2.05) is 17.0 Å². The predicted molar refractivity (Wildman–Crippen MR) is 127 cm³/mol. The van der Waals surface area contributed by atoms with Crippen LogP contribution < -0.4 is 4.73 Å². The van der Waals surface area contributed by atoms with Crippen molar-refractivity contribution < 1.29 is 9.52 Å². The molecule has 1 unspecified atom stereocenters. The predicted octanol–water partition coefficient (Wildman–Crippen LogP) is 3.60. The molecule has 6 nitrogen and oxygen atoms in total. The van der Waals surface area contributed by atoms with Crippen molar-refractivity contribution in [3.05, 3.63) is 98.2 Å². The highest BCUT2D eigenvalue weighted by atomic mass is 35.5. The Hall–Kier alpha value is -2.67. The summed E-state index contributed by atoms with van der Waals surface area (Å²) >= 11 is 12.9. The second kappa shape index (κ2) is 9.29. The third kappa shape index (κ3) is 4.56. The Morgan fingerprint density at radius 3 is 2.58 bits per heavy atom. The number of hydrogen-bond acceptors (Lipinski definition) is 4. The molecule has 0 saturated carbocycles. The van der Waals surface area contributed by atoms with Gasteiger partial charge in [-0.25, -0.2) is 0 Å². The van der Waals surface area contributed by atoms with Crippen LogP contribution in [-0.4, -0.2) is 46.9 Å². The number of nitrogens with zero attached hydrogens (tertiary/aromatic N) is 4. The molecule has 1 aliphatic carbocycles. The molecule has 1 saturated heterocycles. The maximum absolute atomic E-state index is 12.8. The minimum Gasteiger partial charge on any atom is -0.619 e. The van der Waals surface area contributed by atoms with Crippen molar-refractivity contribution in [3.8, 4) is 0 Å². The molecule has 3 heterocycles. The topological polar surface area (TPSA) is 63.4 Å². The Morgan fingerprint density at radius 2 is 1.82 bits per heavy atom. The van der Waals surface area contributed by atoms with Gasteiger partial charge in [0, 0.05) is 54.6 Å². The number of piperazine rings is 1. The SMILES string of the molecule is O=C(Cc1cc[n+]([O-])cc1)N1CCN(C2c3ccc(Cl)cc3CCc3c(Cl)ccnc32)CC1. The van der Waals surface area contributed by atoms with Crippen molar-refractivity contribution in [1.82, 2.24) is 14.8 Å². The summed E-state index contributed by atoms with van der Waals surface area (Å²) in [7, 11) is 0. The number of benzene rings is 1. The van der Waals surface area contributed by atoms with Crippen LogP contribution in [0.5, 0.6) is 0 Å². The number of aromatic nitrogens is 2. The molecule has 1 aromatic carbocycles. The van der Waals surface area contributed by atoms with Gasteiger partial charge in [0.1, 0.15) is 0 Å². The van der Waals surface area contributed by atoms with Gasteiger partial charge in [-0.1, -0.05) is 29.3 Å². The van der Waals surface area contributed by atoms with Gasteiger partial charge in [-0.2, -0.15) is 4.73 Å². The zero-order chi connectivity index (χ0) is 22.9. The first kappa shape index (κ1) is 22.1. The van der Waals surface area contributed by atoms with Crippen LogP contribution in [0.1, 0.15) is 34.0 Å². The number of aryl methyl sites for hydroxylation is 1. The van der Waals surface area contributed by atoms with E-state index in [0.717, 1.165) is 57.5 Å². The van der Waals surface area contributed by atoms with E-state index in [-0.39, 0.29) is 11.9 Å². The first-order valence-corrected chi connectivity index (χ1v) is 11.9. The third-order valence-corrected chi connectivity index (χ3v) is 7.18. The van der Waals surface area contributed by atoms with Crippen LogP contribution in [-0.2, 0) is 24.1 Å². The Bertz CT molecular complexity index is 1180. The van der Waals surface area contributed by atoms with Crippen molar-refractivity contribution in [2.24, 2.45) is 0 Å². The van der Waals surface area contributed by atoms with E-state index in [1.165, 1.54) is 23.5 Å². The summed E-state index contributed by atoms with van der Waals surface area (Å²) in [5.41, 5.74) is 5.37. The maximum Gasteiger partial charge on any atom is 0.227 e. The molecular formula is C25H24Cl2N4O2. The second-order valence-corrected chi connectivity index (χ2v) is 9.41. The van der Waals surface area contributed by atoms with Gasteiger partial charge >= 0.3 is 0 Å². The van der Waals surface area contributed by atoms with Crippen LogP contribution in [0, 0.1) is 5.21 Å². The van der Waals surface area contributed by atoms with Gasteiger partial charge in [0.25, 0.3) is 0 Å².